The lowest BCUT2D eigenvalue weighted by Gasteiger charge is -2.12. The second kappa shape index (κ2) is 13.7. The van der Waals surface area contributed by atoms with E-state index in [0.29, 0.717) is 45.0 Å². The van der Waals surface area contributed by atoms with Crippen LogP contribution in [0.25, 0.3) is 106 Å². The van der Waals surface area contributed by atoms with E-state index in [4.69, 9.17) is 19.4 Å². The Morgan fingerprint density at radius 3 is 1.41 bits per heavy atom. The number of nitrogens with zero attached hydrogens (tertiary/aromatic N) is 4. The van der Waals surface area contributed by atoms with Crippen LogP contribution in [-0.2, 0) is 0 Å². The highest BCUT2D eigenvalue weighted by Gasteiger charge is 2.20. The minimum absolute atomic E-state index is 0.116. The molecule has 0 amide bonds. The zero-order chi connectivity index (χ0) is 38.6. The molecule has 3 aromatic heterocycles. The summed E-state index contributed by atoms with van der Waals surface area (Å²) in [6.45, 7) is 0. The van der Waals surface area contributed by atoms with Crippen molar-refractivity contribution in [2.75, 3.05) is 0 Å². The Morgan fingerprint density at radius 2 is 0.828 bits per heavy atom. The summed E-state index contributed by atoms with van der Waals surface area (Å²) in [4.78, 5) is 29.3. The van der Waals surface area contributed by atoms with Crippen LogP contribution in [0.2, 0.25) is 0 Å². The Morgan fingerprint density at radius 1 is 0.362 bits per heavy atom. The fourth-order valence-corrected chi connectivity index (χ4v) is 8.09. The van der Waals surface area contributed by atoms with Gasteiger partial charge in [0.25, 0.3) is 0 Å². The van der Waals surface area contributed by atoms with Crippen molar-refractivity contribution < 1.29 is 4.42 Å². The van der Waals surface area contributed by atoms with Crippen molar-refractivity contribution in [2.24, 2.45) is 0 Å². The van der Waals surface area contributed by atoms with Crippen molar-refractivity contribution >= 4 is 43.7 Å². The minimum atomic E-state index is -0.116. The Balaban J connectivity index is 1.14. The smallest absolute Gasteiger partial charge is 0.200 e. The van der Waals surface area contributed by atoms with Crippen LogP contribution in [-0.4, -0.2) is 19.5 Å². The molecule has 0 aliphatic heterocycles. The molecular formula is C52H32N4O2. The van der Waals surface area contributed by atoms with Gasteiger partial charge in [0.15, 0.2) is 17.5 Å². The van der Waals surface area contributed by atoms with Crippen LogP contribution >= 0.6 is 0 Å². The van der Waals surface area contributed by atoms with Gasteiger partial charge in [-0.05, 0) is 71.3 Å². The summed E-state index contributed by atoms with van der Waals surface area (Å²) in [5.74, 6) is 1.48. The molecule has 0 saturated heterocycles. The third kappa shape index (κ3) is 5.58. The van der Waals surface area contributed by atoms with Gasteiger partial charge >= 0.3 is 0 Å². The third-order valence-corrected chi connectivity index (χ3v) is 10.9. The van der Waals surface area contributed by atoms with E-state index in [0.717, 1.165) is 60.9 Å². The number of hydrogen-bond donors (Lipinski definition) is 0. The fourth-order valence-electron chi connectivity index (χ4n) is 8.09. The van der Waals surface area contributed by atoms with Gasteiger partial charge in [0, 0.05) is 33.2 Å². The largest absolute Gasteiger partial charge is 0.454 e. The van der Waals surface area contributed by atoms with Gasteiger partial charge in [-0.25, -0.2) is 15.0 Å². The standard InChI is InChI=1S/C52H32N4O2/c57-47-40-24-13-23-39(37-28-30-46-44(32-37)43-31-36(33-15-5-1-6-16-33)27-29-45(43)56(46)38-21-11-4-12-22-38)48(40)58-49-41(47)25-14-26-42(49)52-54-50(34-17-7-2-8-18-34)53-51(55-52)35-19-9-3-10-20-35/h1-32H. The number of aromatic nitrogens is 4. The van der Waals surface area contributed by atoms with Gasteiger partial charge in [0.05, 0.1) is 27.4 Å². The van der Waals surface area contributed by atoms with E-state index in [2.05, 4.69) is 89.5 Å². The highest BCUT2D eigenvalue weighted by molar-refractivity contribution is 6.12. The summed E-state index contributed by atoms with van der Waals surface area (Å²) in [5.41, 5.74) is 10.5. The summed E-state index contributed by atoms with van der Waals surface area (Å²) >= 11 is 0. The second-order valence-electron chi connectivity index (χ2n) is 14.3. The highest BCUT2D eigenvalue weighted by atomic mass is 16.3. The molecule has 0 unspecified atom stereocenters. The van der Waals surface area contributed by atoms with E-state index in [1.54, 1.807) is 0 Å². The van der Waals surface area contributed by atoms with Crippen molar-refractivity contribution in [3.8, 4) is 62.1 Å². The molecule has 3 heterocycles. The molecule has 58 heavy (non-hydrogen) atoms. The minimum Gasteiger partial charge on any atom is -0.454 e. The quantitative estimate of drug-likeness (QED) is 0.159. The van der Waals surface area contributed by atoms with Crippen molar-refractivity contribution in [1.29, 1.82) is 0 Å². The molecule has 6 heteroatoms. The van der Waals surface area contributed by atoms with Crippen molar-refractivity contribution in [2.45, 2.75) is 0 Å². The topological polar surface area (TPSA) is 73.8 Å². The molecule has 8 aromatic carbocycles. The van der Waals surface area contributed by atoms with Crippen LogP contribution in [0.5, 0.6) is 0 Å². The SMILES string of the molecule is O=c1c2cccc(-c3ccc4c(c3)c3cc(-c5ccccc5)ccc3n4-c3ccccc3)c2oc2c(-c3nc(-c4ccccc4)nc(-c4ccccc4)n3)cccc12. The lowest BCUT2D eigenvalue weighted by atomic mass is 9.98. The molecule has 6 nitrogen and oxygen atoms in total. The Bertz CT molecular complexity index is 3340. The maximum absolute atomic E-state index is 14.4. The third-order valence-electron chi connectivity index (χ3n) is 10.9. The number of fused-ring (bicyclic) bond motifs is 5. The van der Waals surface area contributed by atoms with E-state index in [-0.39, 0.29) is 5.43 Å². The monoisotopic (exact) mass is 744 g/mol. The van der Waals surface area contributed by atoms with Crippen molar-refractivity contribution in [1.82, 2.24) is 19.5 Å². The predicted octanol–water partition coefficient (Wildman–Crippen LogP) is 12.6. The van der Waals surface area contributed by atoms with Crippen LogP contribution < -0.4 is 5.43 Å². The van der Waals surface area contributed by atoms with Crippen LogP contribution in [0, 0.1) is 0 Å². The summed E-state index contributed by atoms with van der Waals surface area (Å²) in [6, 6.07) is 65.2. The van der Waals surface area contributed by atoms with Gasteiger partial charge in [-0.2, -0.15) is 0 Å². The van der Waals surface area contributed by atoms with E-state index in [1.165, 1.54) is 0 Å². The van der Waals surface area contributed by atoms with E-state index >= 15 is 0 Å². The first kappa shape index (κ1) is 33.4. The summed E-state index contributed by atoms with van der Waals surface area (Å²) < 4.78 is 9.25. The van der Waals surface area contributed by atoms with E-state index < -0.39 is 0 Å². The van der Waals surface area contributed by atoms with Crippen LogP contribution in [0.15, 0.2) is 203 Å². The first-order valence-electron chi connectivity index (χ1n) is 19.2. The lowest BCUT2D eigenvalue weighted by Crippen LogP contribution is -2.05. The first-order chi connectivity index (χ1) is 28.7. The Labute approximate surface area is 333 Å². The molecular weight excluding hydrogens is 713 g/mol. The van der Waals surface area contributed by atoms with Gasteiger partial charge in [-0.15, -0.1) is 0 Å². The number of hydrogen-bond acceptors (Lipinski definition) is 5. The molecule has 11 aromatic rings. The molecule has 0 atom stereocenters. The fraction of sp³-hybridized carbons (Fsp3) is 0. The van der Waals surface area contributed by atoms with Gasteiger partial charge in [0.1, 0.15) is 11.2 Å². The highest BCUT2D eigenvalue weighted by Crippen LogP contribution is 2.39. The zero-order valence-electron chi connectivity index (χ0n) is 31.1. The predicted molar refractivity (Wildman–Crippen MR) is 235 cm³/mol. The molecule has 0 N–H and O–H groups in total. The summed E-state index contributed by atoms with van der Waals surface area (Å²) in [5, 5.41) is 3.20. The molecule has 0 aliphatic carbocycles. The molecule has 0 spiro atoms. The van der Waals surface area contributed by atoms with E-state index in [1.807, 2.05) is 109 Å². The summed E-state index contributed by atoms with van der Waals surface area (Å²) in [7, 11) is 0. The normalized spacial score (nSPS) is 11.5. The van der Waals surface area contributed by atoms with Gasteiger partial charge in [-0.3, -0.25) is 4.79 Å². The first-order valence-corrected chi connectivity index (χ1v) is 19.2. The Kier molecular flexibility index (Phi) is 7.86. The zero-order valence-corrected chi connectivity index (χ0v) is 31.1. The van der Waals surface area contributed by atoms with Crippen LogP contribution in [0.1, 0.15) is 0 Å². The molecule has 0 fully saturated rings. The van der Waals surface area contributed by atoms with Gasteiger partial charge in [0.2, 0.25) is 5.43 Å². The van der Waals surface area contributed by atoms with E-state index in [9.17, 15) is 4.79 Å². The number of rotatable bonds is 6. The Hall–Kier alpha value is -7.96. The maximum Gasteiger partial charge on any atom is 0.200 e. The second-order valence-corrected chi connectivity index (χ2v) is 14.3. The van der Waals surface area contributed by atoms with Crippen LogP contribution in [0.3, 0.4) is 0 Å². The maximum atomic E-state index is 14.4. The summed E-state index contributed by atoms with van der Waals surface area (Å²) in [6.07, 6.45) is 0. The molecule has 0 saturated carbocycles. The van der Waals surface area contributed by atoms with Gasteiger partial charge < -0.3 is 8.98 Å². The average molecular weight is 745 g/mol. The molecule has 272 valence electrons. The number of para-hydroxylation sites is 3. The molecule has 11 rings (SSSR count). The van der Waals surface area contributed by atoms with Crippen molar-refractivity contribution in [3.63, 3.8) is 0 Å². The van der Waals surface area contributed by atoms with Gasteiger partial charge in [-0.1, -0.05) is 140 Å². The average Bonchev–Trinajstić information content (AvgIpc) is 3.63. The number of benzene rings is 8. The van der Waals surface area contributed by atoms with Crippen molar-refractivity contribution in [3.05, 3.63) is 204 Å². The van der Waals surface area contributed by atoms with Crippen LogP contribution in [0.4, 0.5) is 0 Å². The molecule has 0 aliphatic rings. The molecule has 0 bridgehead atoms. The molecule has 0 radical (unpaired) electrons. The lowest BCUT2D eigenvalue weighted by molar-refractivity contribution is 0.661.